The van der Waals surface area contributed by atoms with E-state index in [9.17, 15) is 22.8 Å². The Morgan fingerprint density at radius 2 is 1.76 bits per heavy atom. The molecule has 8 heteroatoms. The number of ketones is 1. The van der Waals surface area contributed by atoms with Crippen molar-refractivity contribution in [2.45, 2.75) is 26.9 Å². The minimum atomic E-state index is -4.41. The van der Waals surface area contributed by atoms with E-state index >= 15 is 0 Å². The molecule has 0 unspecified atom stereocenters. The number of hydrogen-bond donors (Lipinski definition) is 2. The Labute approximate surface area is 142 Å². The number of alkyl halides is 3. The summed E-state index contributed by atoms with van der Waals surface area (Å²) in [6.07, 6.45) is -4.41. The van der Waals surface area contributed by atoms with E-state index in [1.54, 1.807) is 13.8 Å². The molecule has 0 bridgehead atoms. The molecule has 1 aromatic carbocycles. The van der Waals surface area contributed by atoms with Crippen LogP contribution < -0.4 is 10.1 Å². The van der Waals surface area contributed by atoms with Crippen LogP contribution in [0.2, 0.25) is 0 Å². The normalized spacial score (nSPS) is 11.3. The molecule has 2 rings (SSSR count). The molecule has 0 radical (unpaired) electrons. The summed E-state index contributed by atoms with van der Waals surface area (Å²) in [5, 5.41) is 2.62. The number of Topliss-reactive ketones (excluding diaryl/α,β-unsaturated/α-hetero) is 1. The van der Waals surface area contributed by atoms with Crippen LogP contribution in [0.3, 0.4) is 0 Å². The summed E-state index contributed by atoms with van der Waals surface area (Å²) in [4.78, 5) is 26.8. The molecular formula is C17H17F3N2O3. The summed E-state index contributed by atoms with van der Waals surface area (Å²) < 4.78 is 40.9. The van der Waals surface area contributed by atoms with E-state index in [4.69, 9.17) is 0 Å². The van der Waals surface area contributed by atoms with Gasteiger partial charge < -0.3 is 15.0 Å². The minimum Gasteiger partial charge on any atom is -0.484 e. The highest BCUT2D eigenvalue weighted by Crippen LogP contribution is 2.22. The highest BCUT2D eigenvalue weighted by molar-refractivity contribution is 6.07. The number of aromatic nitrogens is 1. The SMILES string of the molecule is CC(=O)c1c(C)[nH]c(C(=O)Nc2ccc(OCC(F)(F)F)cc2)c1C. The van der Waals surface area contributed by atoms with Crippen molar-refractivity contribution in [1.29, 1.82) is 0 Å². The zero-order chi connectivity index (χ0) is 18.8. The summed E-state index contributed by atoms with van der Waals surface area (Å²) >= 11 is 0. The number of nitrogens with one attached hydrogen (secondary N) is 2. The molecule has 0 spiro atoms. The number of hydrogen-bond acceptors (Lipinski definition) is 3. The van der Waals surface area contributed by atoms with Crippen LogP contribution >= 0.6 is 0 Å². The zero-order valence-corrected chi connectivity index (χ0v) is 13.9. The van der Waals surface area contributed by atoms with Crippen LogP contribution in [0, 0.1) is 13.8 Å². The number of H-pyrrole nitrogens is 1. The Kier molecular flexibility index (Phi) is 5.20. The van der Waals surface area contributed by atoms with Crippen molar-refractivity contribution in [3.63, 3.8) is 0 Å². The van der Waals surface area contributed by atoms with Crippen LogP contribution in [-0.2, 0) is 0 Å². The highest BCUT2D eigenvalue weighted by atomic mass is 19.4. The monoisotopic (exact) mass is 354 g/mol. The van der Waals surface area contributed by atoms with E-state index in [1.165, 1.54) is 31.2 Å². The zero-order valence-electron chi connectivity index (χ0n) is 13.9. The van der Waals surface area contributed by atoms with E-state index in [1.807, 2.05) is 0 Å². The quantitative estimate of drug-likeness (QED) is 0.797. The molecule has 0 saturated heterocycles. The first-order valence-corrected chi connectivity index (χ1v) is 7.39. The van der Waals surface area contributed by atoms with Crippen LogP contribution in [0.25, 0.3) is 0 Å². The predicted molar refractivity (Wildman–Crippen MR) is 86.2 cm³/mol. The third kappa shape index (κ3) is 4.62. The number of aryl methyl sites for hydroxylation is 1. The summed E-state index contributed by atoms with van der Waals surface area (Å²) in [6.45, 7) is 3.41. The number of ether oxygens (including phenoxy) is 1. The number of rotatable bonds is 5. The van der Waals surface area contributed by atoms with E-state index in [0.717, 1.165) is 0 Å². The largest absolute Gasteiger partial charge is 0.484 e. The van der Waals surface area contributed by atoms with Crippen molar-refractivity contribution in [3.05, 3.63) is 46.8 Å². The molecule has 5 nitrogen and oxygen atoms in total. The van der Waals surface area contributed by atoms with Crippen LogP contribution in [0.1, 0.15) is 39.0 Å². The van der Waals surface area contributed by atoms with Gasteiger partial charge in [0, 0.05) is 16.9 Å². The second kappa shape index (κ2) is 7.00. The Bertz CT molecular complexity index is 793. The molecule has 0 aliphatic rings. The van der Waals surface area contributed by atoms with E-state index in [2.05, 4.69) is 15.0 Å². The van der Waals surface area contributed by atoms with E-state index in [-0.39, 0.29) is 17.2 Å². The molecular weight excluding hydrogens is 337 g/mol. The van der Waals surface area contributed by atoms with Gasteiger partial charge in [-0.3, -0.25) is 9.59 Å². The molecule has 25 heavy (non-hydrogen) atoms. The lowest BCUT2D eigenvalue weighted by Gasteiger charge is -2.10. The minimum absolute atomic E-state index is 0.0427. The average molecular weight is 354 g/mol. The van der Waals surface area contributed by atoms with Crippen molar-refractivity contribution < 1.29 is 27.5 Å². The molecule has 0 saturated carbocycles. The molecule has 0 aliphatic carbocycles. The number of amides is 1. The molecule has 0 atom stereocenters. The number of aromatic amines is 1. The van der Waals surface area contributed by atoms with Crippen LogP contribution in [-0.4, -0.2) is 29.5 Å². The Morgan fingerprint density at radius 1 is 1.16 bits per heavy atom. The van der Waals surface area contributed by atoms with Gasteiger partial charge in [-0.25, -0.2) is 0 Å². The van der Waals surface area contributed by atoms with Gasteiger partial charge in [0.1, 0.15) is 11.4 Å². The molecule has 2 N–H and O–H groups in total. The van der Waals surface area contributed by atoms with Crippen molar-refractivity contribution in [2.24, 2.45) is 0 Å². The number of halogens is 3. The Balaban J connectivity index is 2.09. The van der Waals surface area contributed by atoms with E-state index < -0.39 is 18.7 Å². The van der Waals surface area contributed by atoms with Crippen molar-refractivity contribution in [2.75, 3.05) is 11.9 Å². The molecule has 0 fully saturated rings. The summed E-state index contributed by atoms with van der Waals surface area (Å²) in [6, 6.07) is 5.52. The fraction of sp³-hybridized carbons (Fsp3) is 0.294. The first-order valence-electron chi connectivity index (χ1n) is 7.39. The van der Waals surface area contributed by atoms with Gasteiger partial charge in [-0.15, -0.1) is 0 Å². The lowest BCUT2D eigenvalue weighted by Crippen LogP contribution is -2.19. The van der Waals surface area contributed by atoms with Crippen molar-refractivity contribution >= 4 is 17.4 Å². The number of benzene rings is 1. The van der Waals surface area contributed by atoms with Gasteiger partial charge >= 0.3 is 6.18 Å². The molecule has 1 amide bonds. The van der Waals surface area contributed by atoms with Gasteiger partial charge in [0.15, 0.2) is 12.4 Å². The second-order valence-corrected chi connectivity index (χ2v) is 5.56. The van der Waals surface area contributed by atoms with Gasteiger partial charge in [0.05, 0.1) is 0 Å². The lowest BCUT2D eigenvalue weighted by molar-refractivity contribution is -0.153. The average Bonchev–Trinajstić information content (AvgIpc) is 2.80. The lowest BCUT2D eigenvalue weighted by atomic mass is 10.1. The third-order valence-electron chi connectivity index (χ3n) is 3.53. The molecule has 1 heterocycles. The van der Waals surface area contributed by atoms with Gasteiger partial charge in [0.25, 0.3) is 5.91 Å². The van der Waals surface area contributed by atoms with Gasteiger partial charge in [0.2, 0.25) is 0 Å². The summed E-state index contributed by atoms with van der Waals surface area (Å²) in [5.74, 6) is -0.547. The molecule has 134 valence electrons. The van der Waals surface area contributed by atoms with Crippen molar-refractivity contribution in [1.82, 2.24) is 4.98 Å². The Morgan fingerprint density at radius 3 is 2.24 bits per heavy atom. The third-order valence-corrected chi connectivity index (χ3v) is 3.53. The van der Waals surface area contributed by atoms with Crippen molar-refractivity contribution in [3.8, 4) is 5.75 Å². The number of carbonyl (C=O) groups excluding carboxylic acids is 2. The Hall–Kier alpha value is -2.77. The fourth-order valence-corrected chi connectivity index (χ4v) is 2.50. The number of anilines is 1. The standard InChI is InChI=1S/C17H17F3N2O3/c1-9-14(11(3)23)10(2)21-15(9)16(24)22-12-4-6-13(7-5-12)25-8-17(18,19)20/h4-7,21H,8H2,1-3H3,(H,22,24). The fourth-order valence-electron chi connectivity index (χ4n) is 2.50. The smallest absolute Gasteiger partial charge is 0.422 e. The highest BCUT2D eigenvalue weighted by Gasteiger charge is 2.28. The van der Waals surface area contributed by atoms with Gasteiger partial charge in [-0.1, -0.05) is 0 Å². The second-order valence-electron chi connectivity index (χ2n) is 5.56. The predicted octanol–water partition coefficient (Wildman–Crippen LogP) is 4.03. The molecule has 0 aliphatic heterocycles. The first-order chi connectivity index (χ1) is 11.6. The van der Waals surface area contributed by atoms with Crippen LogP contribution in [0.4, 0.5) is 18.9 Å². The maximum Gasteiger partial charge on any atom is 0.422 e. The van der Waals surface area contributed by atoms with Crippen LogP contribution in [0.15, 0.2) is 24.3 Å². The first kappa shape index (κ1) is 18.6. The maximum absolute atomic E-state index is 12.3. The summed E-state index contributed by atoms with van der Waals surface area (Å²) in [5.41, 5.74) is 2.28. The summed E-state index contributed by atoms with van der Waals surface area (Å²) in [7, 11) is 0. The van der Waals surface area contributed by atoms with Crippen LogP contribution in [0.5, 0.6) is 5.75 Å². The molecule has 1 aromatic heterocycles. The number of carbonyl (C=O) groups is 2. The van der Waals surface area contributed by atoms with E-state index in [0.29, 0.717) is 22.5 Å². The topological polar surface area (TPSA) is 71.2 Å². The maximum atomic E-state index is 12.3. The van der Waals surface area contributed by atoms with Gasteiger partial charge in [-0.05, 0) is 50.6 Å². The van der Waals surface area contributed by atoms with Gasteiger partial charge in [-0.2, -0.15) is 13.2 Å². The molecule has 2 aromatic rings.